The van der Waals surface area contributed by atoms with Crippen molar-refractivity contribution >= 4 is 41.2 Å². The van der Waals surface area contributed by atoms with Gasteiger partial charge in [-0.25, -0.2) is 4.98 Å². The van der Waals surface area contributed by atoms with Gasteiger partial charge in [-0.2, -0.15) is 4.98 Å². The highest BCUT2D eigenvalue weighted by Crippen LogP contribution is 2.40. The normalized spacial score (nSPS) is 20.5. The number of amidine groups is 1. The SMILES string of the molecule is CC[C@@H]1C(=N)N(C=N)c2cnc(Nc3ccc(C(=O)NC4CC4)cc3)nc2N1C1CCCC1. The van der Waals surface area contributed by atoms with Crippen LogP contribution in [0, 0.1) is 10.8 Å². The molecule has 0 saturated heterocycles. The number of rotatable bonds is 7. The Morgan fingerprint density at radius 1 is 1.18 bits per heavy atom. The van der Waals surface area contributed by atoms with Crippen molar-refractivity contribution in [2.75, 3.05) is 15.1 Å². The Balaban J connectivity index is 1.42. The van der Waals surface area contributed by atoms with Crippen LogP contribution < -0.4 is 20.4 Å². The van der Waals surface area contributed by atoms with E-state index in [1.165, 1.54) is 19.2 Å². The summed E-state index contributed by atoms with van der Waals surface area (Å²) in [5.41, 5.74) is 2.10. The van der Waals surface area contributed by atoms with Crippen LogP contribution in [0.5, 0.6) is 0 Å². The van der Waals surface area contributed by atoms with Gasteiger partial charge < -0.3 is 15.5 Å². The largest absolute Gasteiger partial charge is 0.349 e. The third-order valence-corrected chi connectivity index (χ3v) is 6.71. The van der Waals surface area contributed by atoms with Gasteiger partial charge >= 0.3 is 0 Å². The minimum Gasteiger partial charge on any atom is -0.349 e. The first-order valence-electron chi connectivity index (χ1n) is 11.8. The molecule has 3 aliphatic rings. The first-order chi connectivity index (χ1) is 16.1. The number of benzene rings is 1. The summed E-state index contributed by atoms with van der Waals surface area (Å²) < 4.78 is 0. The molecule has 1 atom stereocenters. The predicted octanol–water partition coefficient (Wildman–Crippen LogP) is 4.04. The van der Waals surface area contributed by atoms with E-state index in [4.69, 9.17) is 15.8 Å². The van der Waals surface area contributed by atoms with Crippen molar-refractivity contribution in [1.82, 2.24) is 15.3 Å². The molecule has 0 unspecified atom stereocenters. The molecule has 2 fully saturated rings. The maximum absolute atomic E-state index is 12.2. The van der Waals surface area contributed by atoms with E-state index in [2.05, 4.69) is 27.4 Å². The second-order valence-electron chi connectivity index (χ2n) is 9.01. The van der Waals surface area contributed by atoms with Gasteiger partial charge in [-0.1, -0.05) is 19.8 Å². The lowest BCUT2D eigenvalue weighted by Gasteiger charge is -2.44. The molecule has 172 valence electrons. The summed E-state index contributed by atoms with van der Waals surface area (Å²) in [6.45, 7) is 2.08. The van der Waals surface area contributed by atoms with Crippen LogP contribution in [0.25, 0.3) is 0 Å². The van der Waals surface area contributed by atoms with Crippen LogP contribution in [-0.2, 0) is 0 Å². The smallest absolute Gasteiger partial charge is 0.251 e. The van der Waals surface area contributed by atoms with Crippen molar-refractivity contribution in [3.63, 3.8) is 0 Å². The van der Waals surface area contributed by atoms with Crippen molar-refractivity contribution in [2.45, 2.75) is 70.0 Å². The van der Waals surface area contributed by atoms with Gasteiger partial charge in [0.1, 0.15) is 11.5 Å². The van der Waals surface area contributed by atoms with Crippen molar-refractivity contribution in [2.24, 2.45) is 0 Å². The lowest BCUT2D eigenvalue weighted by Crippen LogP contribution is -2.56. The van der Waals surface area contributed by atoms with E-state index < -0.39 is 0 Å². The number of hydrogen-bond donors (Lipinski definition) is 4. The molecule has 2 aromatic rings. The first-order valence-corrected chi connectivity index (χ1v) is 11.8. The Bertz CT molecular complexity index is 1060. The third kappa shape index (κ3) is 4.15. The van der Waals surface area contributed by atoms with E-state index >= 15 is 0 Å². The zero-order valence-corrected chi connectivity index (χ0v) is 18.8. The summed E-state index contributed by atoms with van der Waals surface area (Å²) in [4.78, 5) is 25.4. The zero-order chi connectivity index (χ0) is 22.9. The van der Waals surface area contributed by atoms with Gasteiger partial charge in [0.15, 0.2) is 5.82 Å². The standard InChI is InChI=1S/C24H30N8O/c1-2-19-21(26)31(14-25)20-13-27-24(30-22(20)32(19)18-5-3-4-6-18)29-17-9-7-15(8-10-17)23(33)28-16-11-12-16/h7-10,13-14,16,18-19,25-26H,2-6,11-12H2,1H3,(H,28,33)(H,27,29,30)/t19-/m1/s1. The van der Waals surface area contributed by atoms with Gasteiger partial charge in [-0.3, -0.25) is 20.5 Å². The molecule has 9 heteroatoms. The number of fused-ring (bicyclic) bond motifs is 1. The number of amides is 1. The van der Waals surface area contributed by atoms with Crippen LogP contribution in [0.2, 0.25) is 0 Å². The molecular formula is C24H30N8O. The fourth-order valence-corrected chi connectivity index (χ4v) is 4.83. The van der Waals surface area contributed by atoms with Crippen LogP contribution in [0.1, 0.15) is 62.2 Å². The van der Waals surface area contributed by atoms with E-state index in [1.807, 2.05) is 12.1 Å². The molecule has 1 aromatic carbocycles. The number of anilines is 4. The summed E-state index contributed by atoms with van der Waals surface area (Å²) in [5, 5.41) is 22.8. The van der Waals surface area contributed by atoms with E-state index in [9.17, 15) is 4.79 Å². The van der Waals surface area contributed by atoms with Crippen LogP contribution in [0.15, 0.2) is 30.5 Å². The number of aromatic nitrogens is 2. The molecule has 4 N–H and O–H groups in total. The second-order valence-corrected chi connectivity index (χ2v) is 9.01. The Morgan fingerprint density at radius 2 is 1.91 bits per heavy atom. The summed E-state index contributed by atoms with van der Waals surface area (Å²) in [6, 6.07) is 7.86. The molecule has 9 nitrogen and oxygen atoms in total. The summed E-state index contributed by atoms with van der Waals surface area (Å²) in [7, 11) is 0. The lowest BCUT2D eigenvalue weighted by atomic mass is 10.0. The van der Waals surface area contributed by atoms with E-state index in [1.54, 1.807) is 23.2 Å². The Morgan fingerprint density at radius 3 is 2.55 bits per heavy atom. The van der Waals surface area contributed by atoms with Gasteiger partial charge in [0.2, 0.25) is 5.95 Å². The van der Waals surface area contributed by atoms with Gasteiger partial charge in [-0.05, 0) is 56.4 Å². The number of nitrogens with zero attached hydrogens (tertiary/aromatic N) is 4. The fourth-order valence-electron chi connectivity index (χ4n) is 4.83. The van der Waals surface area contributed by atoms with Crippen molar-refractivity contribution in [3.8, 4) is 0 Å². The Labute approximate surface area is 193 Å². The van der Waals surface area contributed by atoms with Gasteiger partial charge in [0, 0.05) is 23.3 Å². The van der Waals surface area contributed by atoms with Crippen LogP contribution in [0.3, 0.4) is 0 Å². The van der Waals surface area contributed by atoms with Crippen molar-refractivity contribution in [1.29, 1.82) is 10.8 Å². The van der Waals surface area contributed by atoms with E-state index in [-0.39, 0.29) is 11.9 Å². The summed E-state index contributed by atoms with van der Waals surface area (Å²) in [6.07, 6.45) is 10.3. The van der Waals surface area contributed by atoms with Crippen molar-refractivity contribution in [3.05, 3.63) is 36.0 Å². The molecule has 0 bridgehead atoms. The Hall–Kier alpha value is -3.49. The topological polar surface area (TPSA) is 121 Å². The highest BCUT2D eigenvalue weighted by molar-refractivity contribution is 6.16. The minimum absolute atomic E-state index is 0.0407. The Kier molecular flexibility index (Phi) is 5.70. The fraction of sp³-hybridized carbons (Fsp3) is 0.458. The van der Waals surface area contributed by atoms with Gasteiger partial charge in [0.05, 0.1) is 18.6 Å². The predicted molar refractivity (Wildman–Crippen MR) is 130 cm³/mol. The average Bonchev–Trinajstić information content (AvgIpc) is 3.48. The summed E-state index contributed by atoms with van der Waals surface area (Å²) >= 11 is 0. The number of hydrogen-bond acceptors (Lipinski definition) is 7. The highest BCUT2D eigenvalue weighted by atomic mass is 16.1. The second kappa shape index (κ2) is 8.80. The molecular weight excluding hydrogens is 416 g/mol. The number of nitrogens with one attached hydrogen (secondary N) is 4. The maximum atomic E-state index is 12.2. The molecule has 1 aromatic heterocycles. The molecule has 33 heavy (non-hydrogen) atoms. The van der Waals surface area contributed by atoms with E-state index in [0.29, 0.717) is 35.1 Å². The molecule has 5 rings (SSSR count). The van der Waals surface area contributed by atoms with Gasteiger partial charge in [0.25, 0.3) is 5.91 Å². The summed E-state index contributed by atoms with van der Waals surface area (Å²) in [5.74, 6) is 1.59. The highest BCUT2D eigenvalue weighted by Gasteiger charge is 2.40. The quantitative estimate of drug-likeness (QED) is 0.376. The molecule has 1 aliphatic heterocycles. The first kappa shape index (κ1) is 21.4. The molecule has 0 radical (unpaired) electrons. The lowest BCUT2D eigenvalue weighted by molar-refractivity contribution is 0.0951. The van der Waals surface area contributed by atoms with Crippen LogP contribution in [-0.4, -0.2) is 46.2 Å². The maximum Gasteiger partial charge on any atom is 0.251 e. The van der Waals surface area contributed by atoms with E-state index in [0.717, 1.165) is 43.6 Å². The molecule has 2 saturated carbocycles. The molecule has 0 spiro atoms. The van der Waals surface area contributed by atoms with Crippen LogP contribution >= 0.6 is 0 Å². The van der Waals surface area contributed by atoms with Crippen LogP contribution in [0.4, 0.5) is 23.1 Å². The zero-order valence-electron chi connectivity index (χ0n) is 18.8. The minimum atomic E-state index is -0.116. The van der Waals surface area contributed by atoms with Gasteiger partial charge in [-0.15, -0.1) is 0 Å². The number of carbonyl (C=O) groups is 1. The third-order valence-electron chi connectivity index (χ3n) is 6.71. The molecule has 1 amide bonds. The average molecular weight is 447 g/mol. The molecule has 2 heterocycles. The molecule has 2 aliphatic carbocycles. The number of carbonyl (C=O) groups excluding carboxylic acids is 1. The van der Waals surface area contributed by atoms with Crippen molar-refractivity contribution < 1.29 is 4.79 Å². The monoisotopic (exact) mass is 446 g/mol.